The first kappa shape index (κ1) is 13.6. The Morgan fingerprint density at radius 3 is 3.06 bits per heavy atom. The molecule has 3 nitrogen and oxygen atoms in total. The molecule has 0 radical (unpaired) electrons. The van der Waals surface area contributed by atoms with E-state index in [4.69, 9.17) is 9.47 Å². The van der Waals surface area contributed by atoms with Gasteiger partial charge in [-0.3, -0.25) is 0 Å². The molecule has 0 aliphatic carbocycles. The lowest BCUT2D eigenvalue weighted by molar-refractivity contribution is 0.0614. The third-order valence-electron chi connectivity index (χ3n) is 3.23. The van der Waals surface area contributed by atoms with E-state index in [2.05, 4.69) is 6.26 Å². The minimum atomic E-state index is -0.442. The monoisotopic (exact) mass is 268 g/mol. The van der Waals surface area contributed by atoms with E-state index in [-0.39, 0.29) is 6.10 Å². The van der Waals surface area contributed by atoms with Crippen LogP contribution in [0, 0.1) is 0 Å². The molecular formula is C14H20O3S. The minimum Gasteiger partial charge on any atom is -0.497 e. The highest BCUT2D eigenvalue weighted by Gasteiger charge is 2.26. The Balaban J connectivity index is 2.04. The molecule has 4 heteroatoms. The Bertz CT molecular complexity index is 395. The largest absolute Gasteiger partial charge is 0.497 e. The number of aliphatic hydroxyl groups excluding tert-OH is 1. The highest BCUT2D eigenvalue weighted by Crippen LogP contribution is 2.38. The molecule has 1 N–H and O–H groups in total. The van der Waals surface area contributed by atoms with Gasteiger partial charge in [0, 0.05) is 12.0 Å². The van der Waals surface area contributed by atoms with Crippen molar-refractivity contribution in [1.29, 1.82) is 0 Å². The lowest BCUT2D eigenvalue weighted by Gasteiger charge is -2.30. The van der Waals surface area contributed by atoms with Crippen LogP contribution in [-0.2, 0) is 0 Å². The van der Waals surface area contributed by atoms with E-state index in [1.165, 1.54) is 0 Å². The number of benzene rings is 1. The van der Waals surface area contributed by atoms with Crippen LogP contribution < -0.4 is 9.47 Å². The molecule has 1 aromatic carbocycles. The van der Waals surface area contributed by atoms with Gasteiger partial charge in [0.05, 0.1) is 13.2 Å². The third kappa shape index (κ3) is 3.12. The van der Waals surface area contributed by atoms with E-state index in [1.54, 1.807) is 7.11 Å². The van der Waals surface area contributed by atoms with Crippen molar-refractivity contribution in [3.63, 3.8) is 0 Å². The molecular weight excluding hydrogens is 248 g/mol. The van der Waals surface area contributed by atoms with Crippen LogP contribution in [0.4, 0.5) is 0 Å². The zero-order valence-corrected chi connectivity index (χ0v) is 11.7. The van der Waals surface area contributed by atoms with Gasteiger partial charge in [-0.25, -0.2) is 0 Å². The van der Waals surface area contributed by atoms with Crippen LogP contribution in [-0.4, -0.2) is 30.3 Å². The highest BCUT2D eigenvalue weighted by atomic mass is 32.2. The number of ether oxygens (including phenoxy) is 2. The summed E-state index contributed by atoms with van der Waals surface area (Å²) in [4.78, 5) is 0. The predicted octanol–water partition coefficient (Wildman–Crippen LogP) is 3.02. The molecule has 2 atom stereocenters. The Morgan fingerprint density at radius 1 is 1.50 bits per heavy atom. The number of methoxy groups -OCH3 is 1. The lowest BCUT2D eigenvalue weighted by Crippen LogP contribution is -2.25. The van der Waals surface area contributed by atoms with E-state index in [1.807, 2.05) is 30.0 Å². The molecule has 0 spiro atoms. The molecule has 100 valence electrons. The first-order chi connectivity index (χ1) is 8.74. The van der Waals surface area contributed by atoms with Gasteiger partial charge in [0.15, 0.2) is 0 Å². The van der Waals surface area contributed by atoms with Crippen LogP contribution in [0.15, 0.2) is 18.2 Å². The molecule has 0 saturated carbocycles. The van der Waals surface area contributed by atoms with E-state index in [0.717, 1.165) is 35.7 Å². The maximum absolute atomic E-state index is 10.2. The van der Waals surface area contributed by atoms with Gasteiger partial charge in [-0.15, -0.1) is 0 Å². The van der Waals surface area contributed by atoms with Gasteiger partial charge in [-0.05, 0) is 43.0 Å². The van der Waals surface area contributed by atoms with Crippen molar-refractivity contribution in [2.45, 2.75) is 31.5 Å². The Kier molecular flexibility index (Phi) is 4.78. The summed E-state index contributed by atoms with van der Waals surface area (Å²) < 4.78 is 11.1. The lowest BCUT2D eigenvalue weighted by atomic mass is 9.97. The zero-order valence-electron chi connectivity index (χ0n) is 10.9. The van der Waals surface area contributed by atoms with Crippen molar-refractivity contribution in [2.75, 3.05) is 19.1 Å². The quantitative estimate of drug-likeness (QED) is 0.833. The Hall–Kier alpha value is -0.870. The average molecular weight is 268 g/mol. The molecule has 1 heterocycles. The van der Waals surface area contributed by atoms with E-state index in [0.29, 0.717) is 6.42 Å². The maximum atomic E-state index is 10.2. The molecule has 0 bridgehead atoms. The molecule has 18 heavy (non-hydrogen) atoms. The first-order valence-corrected chi connectivity index (χ1v) is 7.65. The second kappa shape index (κ2) is 6.34. The SMILES string of the molecule is COc1ccc2c(c1)[C@H](O)CC(CCCSC)O2. The molecule has 2 rings (SSSR count). The fraction of sp³-hybridized carbons (Fsp3) is 0.571. The van der Waals surface area contributed by atoms with Crippen molar-refractivity contribution < 1.29 is 14.6 Å². The van der Waals surface area contributed by atoms with Crippen LogP contribution in [0.3, 0.4) is 0 Å². The average Bonchev–Trinajstić information content (AvgIpc) is 2.39. The first-order valence-electron chi connectivity index (χ1n) is 6.26. The van der Waals surface area contributed by atoms with Crippen molar-refractivity contribution in [1.82, 2.24) is 0 Å². The molecule has 0 fully saturated rings. The highest BCUT2D eigenvalue weighted by molar-refractivity contribution is 7.98. The summed E-state index contributed by atoms with van der Waals surface area (Å²) in [6.07, 6.45) is 4.61. The predicted molar refractivity (Wildman–Crippen MR) is 74.6 cm³/mol. The minimum absolute atomic E-state index is 0.132. The Morgan fingerprint density at radius 2 is 2.33 bits per heavy atom. The van der Waals surface area contributed by atoms with E-state index >= 15 is 0 Å². The Labute approximate surface area is 112 Å². The molecule has 1 aliphatic rings. The summed E-state index contributed by atoms with van der Waals surface area (Å²) in [6, 6.07) is 5.62. The smallest absolute Gasteiger partial charge is 0.125 e. The standard InChI is InChI=1S/C14H20O3S/c1-16-10-5-6-14-12(8-10)13(15)9-11(17-14)4-3-7-18-2/h5-6,8,11,13,15H,3-4,7,9H2,1-2H3/t11?,13-/m1/s1. The number of fused-ring (bicyclic) bond motifs is 1. The third-order valence-corrected chi connectivity index (χ3v) is 3.93. The molecule has 1 aromatic rings. The van der Waals surface area contributed by atoms with E-state index in [9.17, 15) is 5.11 Å². The second-order valence-corrected chi connectivity index (χ2v) is 5.52. The van der Waals surface area contributed by atoms with Gasteiger partial charge >= 0.3 is 0 Å². The van der Waals surface area contributed by atoms with Gasteiger partial charge in [-0.2, -0.15) is 11.8 Å². The van der Waals surface area contributed by atoms with Crippen LogP contribution in [0.1, 0.15) is 30.9 Å². The summed E-state index contributed by atoms with van der Waals surface area (Å²) in [6.45, 7) is 0. The normalized spacial score (nSPS) is 22.2. The topological polar surface area (TPSA) is 38.7 Å². The maximum Gasteiger partial charge on any atom is 0.125 e. The van der Waals surface area contributed by atoms with Gasteiger partial charge in [0.2, 0.25) is 0 Å². The summed E-state index contributed by atoms with van der Waals surface area (Å²) >= 11 is 1.85. The van der Waals surface area contributed by atoms with Crippen LogP contribution in [0.25, 0.3) is 0 Å². The van der Waals surface area contributed by atoms with Crippen molar-refractivity contribution in [2.24, 2.45) is 0 Å². The number of rotatable bonds is 5. The van der Waals surface area contributed by atoms with Crippen LogP contribution in [0.2, 0.25) is 0 Å². The zero-order chi connectivity index (χ0) is 13.0. The fourth-order valence-corrected chi connectivity index (χ4v) is 2.71. The van der Waals surface area contributed by atoms with Gasteiger partial charge in [0.25, 0.3) is 0 Å². The number of aliphatic hydroxyl groups is 1. The van der Waals surface area contributed by atoms with E-state index < -0.39 is 6.10 Å². The number of hydrogen-bond acceptors (Lipinski definition) is 4. The summed E-state index contributed by atoms with van der Waals surface area (Å²) in [5.41, 5.74) is 0.843. The molecule has 0 amide bonds. The second-order valence-electron chi connectivity index (χ2n) is 4.53. The number of thioether (sulfide) groups is 1. The summed E-state index contributed by atoms with van der Waals surface area (Å²) in [7, 11) is 1.63. The van der Waals surface area contributed by atoms with Gasteiger partial charge in [0.1, 0.15) is 17.6 Å². The molecule has 0 saturated heterocycles. The summed E-state index contributed by atoms with van der Waals surface area (Å²) in [5.74, 6) is 2.70. The fourth-order valence-electron chi connectivity index (χ4n) is 2.26. The van der Waals surface area contributed by atoms with Gasteiger partial charge in [-0.1, -0.05) is 0 Å². The van der Waals surface area contributed by atoms with Crippen LogP contribution >= 0.6 is 11.8 Å². The van der Waals surface area contributed by atoms with Crippen LogP contribution in [0.5, 0.6) is 11.5 Å². The summed E-state index contributed by atoms with van der Waals surface area (Å²) in [5, 5.41) is 10.2. The van der Waals surface area contributed by atoms with Crippen molar-refractivity contribution >= 4 is 11.8 Å². The molecule has 1 unspecified atom stereocenters. The number of hydrogen-bond donors (Lipinski definition) is 1. The van der Waals surface area contributed by atoms with Crippen molar-refractivity contribution in [3.8, 4) is 11.5 Å². The molecule has 1 aliphatic heterocycles. The van der Waals surface area contributed by atoms with Crippen molar-refractivity contribution in [3.05, 3.63) is 23.8 Å². The molecule has 0 aromatic heterocycles. The van der Waals surface area contributed by atoms with Gasteiger partial charge < -0.3 is 14.6 Å².